The molecule has 1 amide bonds. The lowest BCUT2D eigenvalue weighted by molar-refractivity contribution is -0.112. The van der Waals surface area contributed by atoms with Gasteiger partial charge in [-0.3, -0.25) is 4.79 Å². The van der Waals surface area contributed by atoms with Gasteiger partial charge in [0.15, 0.2) is 0 Å². The number of ether oxygens (including phenoxy) is 1. The summed E-state index contributed by atoms with van der Waals surface area (Å²) in [4.78, 5) is 12.2. The standard InChI is InChI=1S/C16H22N2O2/c1-4-7-20-15-8-11(2)5-6-14(15)18-16(19)12(3)13-9-17-10-13/h5-6,8,17H,4,7,9-10H2,1-3H3,(H,18,19). The fourth-order valence-corrected chi connectivity index (χ4v) is 1.96. The fraction of sp³-hybridized carbons (Fsp3) is 0.438. The highest BCUT2D eigenvalue weighted by molar-refractivity contribution is 6.04. The molecule has 1 aliphatic rings. The van der Waals surface area contributed by atoms with Gasteiger partial charge in [-0.15, -0.1) is 0 Å². The number of rotatable bonds is 5. The predicted octanol–water partition coefficient (Wildman–Crippen LogP) is 2.64. The summed E-state index contributed by atoms with van der Waals surface area (Å²) in [6, 6.07) is 5.83. The van der Waals surface area contributed by atoms with E-state index in [9.17, 15) is 4.79 Å². The summed E-state index contributed by atoms with van der Waals surface area (Å²) in [7, 11) is 0. The first kappa shape index (κ1) is 14.6. The highest BCUT2D eigenvalue weighted by Gasteiger charge is 2.17. The second-order valence-electron chi connectivity index (χ2n) is 5.13. The molecule has 1 aromatic carbocycles. The van der Waals surface area contributed by atoms with Gasteiger partial charge in [0.05, 0.1) is 12.3 Å². The molecule has 1 saturated heterocycles. The average Bonchev–Trinajstić information content (AvgIpc) is 2.36. The molecule has 0 unspecified atom stereocenters. The van der Waals surface area contributed by atoms with Crippen LogP contribution in [0.5, 0.6) is 5.75 Å². The lowest BCUT2D eigenvalue weighted by Crippen LogP contribution is -2.36. The Morgan fingerprint density at radius 1 is 1.40 bits per heavy atom. The van der Waals surface area contributed by atoms with Gasteiger partial charge in [0, 0.05) is 18.7 Å². The molecule has 0 aliphatic carbocycles. The van der Waals surface area contributed by atoms with Gasteiger partial charge in [0.25, 0.3) is 5.91 Å². The molecule has 108 valence electrons. The summed E-state index contributed by atoms with van der Waals surface area (Å²) in [6.45, 7) is 8.21. The van der Waals surface area contributed by atoms with Crippen molar-refractivity contribution in [2.45, 2.75) is 27.2 Å². The maximum atomic E-state index is 12.2. The molecule has 2 N–H and O–H groups in total. The van der Waals surface area contributed by atoms with Crippen LogP contribution in [0.4, 0.5) is 5.69 Å². The summed E-state index contributed by atoms with van der Waals surface area (Å²) >= 11 is 0. The molecule has 0 aromatic heterocycles. The molecule has 2 rings (SSSR count). The number of carbonyl (C=O) groups excluding carboxylic acids is 1. The van der Waals surface area contributed by atoms with E-state index < -0.39 is 0 Å². The highest BCUT2D eigenvalue weighted by Crippen LogP contribution is 2.26. The number of nitrogens with one attached hydrogen (secondary N) is 2. The Morgan fingerprint density at radius 2 is 2.15 bits per heavy atom. The molecule has 1 fully saturated rings. The van der Waals surface area contributed by atoms with Crippen molar-refractivity contribution in [2.24, 2.45) is 0 Å². The summed E-state index contributed by atoms with van der Waals surface area (Å²) in [5.74, 6) is 0.691. The molecule has 0 atom stereocenters. The van der Waals surface area contributed by atoms with Crippen molar-refractivity contribution in [3.63, 3.8) is 0 Å². The van der Waals surface area contributed by atoms with Gasteiger partial charge in [0.1, 0.15) is 5.75 Å². The average molecular weight is 274 g/mol. The van der Waals surface area contributed by atoms with E-state index in [0.717, 1.165) is 42.1 Å². The van der Waals surface area contributed by atoms with E-state index in [1.165, 1.54) is 5.57 Å². The molecule has 0 spiro atoms. The number of hydrogen-bond acceptors (Lipinski definition) is 3. The minimum absolute atomic E-state index is 0.0494. The Kier molecular flexibility index (Phi) is 4.79. The van der Waals surface area contributed by atoms with Crippen molar-refractivity contribution >= 4 is 11.6 Å². The van der Waals surface area contributed by atoms with Crippen LogP contribution >= 0.6 is 0 Å². The van der Waals surface area contributed by atoms with Crippen molar-refractivity contribution in [1.82, 2.24) is 5.32 Å². The second kappa shape index (κ2) is 6.57. The molecule has 4 heteroatoms. The summed E-state index contributed by atoms with van der Waals surface area (Å²) in [6.07, 6.45) is 0.941. The zero-order valence-corrected chi connectivity index (χ0v) is 12.4. The van der Waals surface area contributed by atoms with Gasteiger partial charge in [0.2, 0.25) is 0 Å². The molecule has 1 heterocycles. The van der Waals surface area contributed by atoms with Crippen molar-refractivity contribution in [1.29, 1.82) is 0 Å². The summed E-state index contributed by atoms with van der Waals surface area (Å²) in [5, 5.41) is 6.09. The lowest BCUT2D eigenvalue weighted by Gasteiger charge is -2.22. The highest BCUT2D eigenvalue weighted by atomic mass is 16.5. The molecule has 0 bridgehead atoms. The number of aryl methyl sites for hydroxylation is 1. The third-order valence-corrected chi connectivity index (χ3v) is 3.39. The lowest BCUT2D eigenvalue weighted by atomic mass is 10.0. The van der Waals surface area contributed by atoms with Gasteiger partial charge in [-0.25, -0.2) is 0 Å². The molecular formula is C16H22N2O2. The van der Waals surface area contributed by atoms with Gasteiger partial charge in [-0.05, 0) is 43.5 Å². The molecule has 4 nitrogen and oxygen atoms in total. The zero-order chi connectivity index (χ0) is 14.5. The van der Waals surface area contributed by atoms with Crippen LogP contribution in [0, 0.1) is 6.92 Å². The van der Waals surface area contributed by atoms with Gasteiger partial charge < -0.3 is 15.4 Å². The van der Waals surface area contributed by atoms with E-state index in [-0.39, 0.29) is 5.91 Å². The quantitative estimate of drug-likeness (QED) is 0.812. The van der Waals surface area contributed by atoms with Crippen molar-refractivity contribution < 1.29 is 9.53 Å². The van der Waals surface area contributed by atoms with Crippen LogP contribution in [-0.4, -0.2) is 25.6 Å². The van der Waals surface area contributed by atoms with E-state index >= 15 is 0 Å². The Balaban J connectivity index is 2.13. The van der Waals surface area contributed by atoms with E-state index in [0.29, 0.717) is 6.61 Å². The molecule has 20 heavy (non-hydrogen) atoms. The van der Waals surface area contributed by atoms with E-state index in [1.54, 1.807) is 0 Å². The summed E-state index contributed by atoms with van der Waals surface area (Å²) in [5.41, 5.74) is 3.82. The first-order valence-electron chi connectivity index (χ1n) is 7.06. The number of anilines is 1. The van der Waals surface area contributed by atoms with Crippen molar-refractivity contribution in [3.05, 3.63) is 34.9 Å². The zero-order valence-electron chi connectivity index (χ0n) is 12.4. The van der Waals surface area contributed by atoms with E-state index in [2.05, 4.69) is 17.6 Å². The van der Waals surface area contributed by atoms with Crippen molar-refractivity contribution in [3.8, 4) is 5.75 Å². The van der Waals surface area contributed by atoms with Crippen LogP contribution in [0.25, 0.3) is 0 Å². The second-order valence-corrected chi connectivity index (χ2v) is 5.13. The van der Waals surface area contributed by atoms with Gasteiger partial charge in [-0.2, -0.15) is 0 Å². The van der Waals surface area contributed by atoms with Crippen LogP contribution in [-0.2, 0) is 4.79 Å². The maximum Gasteiger partial charge on any atom is 0.251 e. The third kappa shape index (κ3) is 3.39. The summed E-state index contributed by atoms with van der Waals surface area (Å²) < 4.78 is 5.71. The van der Waals surface area contributed by atoms with Gasteiger partial charge in [-0.1, -0.05) is 13.0 Å². The van der Waals surface area contributed by atoms with E-state index in [4.69, 9.17) is 4.74 Å². The largest absolute Gasteiger partial charge is 0.491 e. The van der Waals surface area contributed by atoms with Crippen molar-refractivity contribution in [2.75, 3.05) is 25.0 Å². The SMILES string of the molecule is CCCOc1cc(C)ccc1NC(=O)C(C)=C1CNC1. The Morgan fingerprint density at radius 3 is 2.75 bits per heavy atom. The first-order valence-corrected chi connectivity index (χ1v) is 7.06. The molecule has 1 aromatic rings. The molecule has 1 aliphatic heterocycles. The normalized spacial score (nSPS) is 13.7. The molecule has 0 radical (unpaired) electrons. The predicted molar refractivity (Wildman–Crippen MR) is 81.2 cm³/mol. The maximum absolute atomic E-state index is 12.2. The molecular weight excluding hydrogens is 252 g/mol. The van der Waals surface area contributed by atoms with Gasteiger partial charge >= 0.3 is 0 Å². The topological polar surface area (TPSA) is 50.4 Å². The third-order valence-electron chi connectivity index (χ3n) is 3.39. The Hall–Kier alpha value is -1.81. The smallest absolute Gasteiger partial charge is 0.251 e. The Bertz CT molecular complexity index is 529. The van der Waals surface area contributed by atoms with E-state index in [1.807, 2.05) is 32.0 Å². The molecule has 0 saturated carbocycles. The van der Waals surface area contributed by atoms with Crippen LogP contribution in [0.15, 0.2) is 29.3 Å². The number of amides is 1. The number of carbonyl (C=O) groups is 1. The number of hydrogen-bond donors (Lipinski definition) is 2. The number of benzene rings is 1. The van der Waals surface area contributed by atoms with Crippen LogP contribution in [0.3, 0.4) is 0 Å². The minimum atomic E-state index is -0.0494. The minimum Gasteiger partial charge on any atom is -0.491 e. The first-order chi connectivity index (χ1) is 9.61. The van der Waals surface area contributed by atoms with Crippen LogP contribution in [0.1, 0.15) is 25.8 Å². The Labute approximate surface area is 120 Å². The fourth-order valence-electron chi connectivity index (χ4n) is 1.96. The van der Waals surface area contributed by atoms with Crippen LogP contribution < -0.4 is 15.4 Å². The monoisotopic (exact) mass is 274 g/mol. The van der Waals surface area contributed by atoms with Crippen LogP contribution in [0.2, 0.25) is 0 Å².